The largest absolute Gasteiger partial charge is 0.492 e. The Morgan fingerprint density at radius 3 is 2.81 bits per heavy atom. The van der Waals surface area contributed by atoms with Crippen molar-refractivity contribution in [3.8, 4) is 16.9 Å². The molecule has 0 radical (unpaired) electrons. The number of anilines is 1. The number of pyridine rings is 2. The number of hydrogen-bond acceptors (Lipinski definition) is 6. The number of piperidine rings is 1. The Morgan fingerprint density at radius 2 is 2.06 bits per heavy atom. The fourth-order valence-corrected chi connectivity index (χ4v) is 5.20. The number of aromatic amines is 1. The van der Waals surface area contributed by atoms with Gasteiger partial charge in [0.1, 0.15) is 11.6 Å². The lowest BCUT2D eigenvalue weighted by atomic mass is 9.86. The average molecular weight is 418 g/mol. The number of ether oxygens (including phenoxy) is 1. The van der Waals surface area contributed by atoms with Crippen molar-refractivity contribution in [3.63, 3.8) is 0 Å². The average Bonchev–Trinajstić information content (AvgIpc) is 3.51. The van der Waals surface area contributed by atoms with E-state index in [0.29, 0.717) is 12.1 Å². The van der Waals surface area contributed by atoms with Crippen molar-refractivity contribution in [1.29, 1.82) is 0 Å². The molecule has 31 heavy (non-hydrogen) atoms. The van der Waals surface area contributed by atoms with Crippen LogP contribution < -0.4 is 15.0 Å². The van der Waals surface area contributed by atoms with Crippen LogP contribution in [0, 0.1) is 0 Å². The lowest BCUT2D eigenvalue weighted by Gasteiger charge is -2.40. The molecule has 0 bridgehead atoms. The van der Waals surface area contributed by atoms with Crippen LogP contribution in [0.5, 0.6) is 5.75 Å². The molecule has 8 heteroatoms. The fraction of sp³-hybridized carbons (Fsp3) is 0.435. The van der Waals surface area contributed by atoms with E-state index in [1.165, 1.54) is 32.2 Å². The molecule has 2 aliphatic heterocycles. The van der Waals surface area contributed by atoms with Gasteiger partial charge in [-0.15, -0.1) is 5.10 Å². The van der Waals surface area contributed by atoms with E-state index in [1.807, 2.05) is 30.0 Å². The van der Waals surface area contributed by atoms with Crippen LogP contribution in [-0.4, -0.2) is 56.6 Å². The Bertz CT molecular complexity index is 1210. The fourth-order valence-electron chi connectivity index (χ4n) is 5.20. The summed E-state index contributed by atoms with van der Waals surface area (Å²) in [6.07, 6.45) is 10.7. The number of aromatic nitrogens is 5. The maximum Gasteiger partial charge on any atom is 0.178 e. The van der Waals surface area contributed by atoms with Crippen LogP contribution in [0.4, 0.5) is 5.82 Å². The molecule has 1 spiro atoms. The quantitative estimate of drug-likeness (QED) is 0.530. The Labute approximate surface area is 180 Å². The van der Waals surface area contributed by atoms with E-state index in [1.54, 1.807) is 0 Å². The number of nitrogens with zero attached hydrogens (tertiary/aromatic N) is 5. The van der Waals surface area contributed by atoms with Gasteiger partial charge in [0.05, 0.1) is 29.9 Å². The lowest BCUT2D eigenvalue weighted by Crippen LogP contribution is -2.50. The second kappa shape index (κ2) is 7.23. The van der Waals surface area contributed by atoms with Crippen LogP contribution in [-0.2, 0) is 0 Å². The summed E-state index contributed by atoms with van der Waals surface area (Å²) in [5, 5.41) is 16.5. The summed E-state index contributed by atoms with van der Waals surface area (Å²) >= 11 is 0. The Kier molecular flexibility index (Phi) is 4.34. The normalized spacial score (nSPS) is 18.4. The van der Waals surface area contributed by atoms with Crippen LogP contribution in [0.25, 0.3) is 27.7 Å². The maximum absolute atomic E-state index is 5.79. The lowest BCUT2D eigenvalue weighted by molar-refractivity contribution is 0.296. The zero-order chi connectivity index (χ0) is 20.8. The minimum absolute atomic E-state index is 0.375. The van der Waals surface area contributed by atoms with Gasteiger partial charge in [-0.2, -0.15) is 5.10 Å². The van der Waals surface area contributed by atoms with Gasteiger partial charge in [-0.25, -0.2) is 9.50 Å². The van der Waals surface area contributed by atoms with Crippen LogP contribution in [0.3, 0.4) is 0 Å². The molecule has 0 amide bonds. The minimum atomic E-state index is 0.375. The van der Waals surface area contributed by atoms with Gasteiger partial charge in [-0.1, -0.05) is 0 Å². The Hall–Kier alpha value is -3.13. The second-order valence-corrected chi connectivity index (χ2v) is 8.65. The SMILES string of the molecule is CCOc1cc(-c2ccc(N3CCC4(CCCN4)CC3)nc2)c2c3cn[nH]c3nn2c1. The third-order valence-electron chi connectivity index (χ3n) is 6.85. The van der Waals surface area contributed by atoms with Crippen molar-refractivity contribution in [2.45, 2.75) is 38.1 Å². The van der Waals surface area contributed by atoms with Gasteiger partial charge < -0.3 is 15.0 Å². The van der Waals surface area contributed by atoms with Gasteiger partial charge in [0.15, 0.2) is 5.65 Å². The molecule has 2 aliphatic rings. The van der Waals surface area contributed by atoms with E-state index in [-0.39, 0.29) is 0 Å². The molecule has 160 valence electrons. The first-order chi connectivity index (χ1) is 15.2. The highest BCUT2D eigenvalue weighted by molar-refractivity contribution is 6.00. The maximum atomic E-state index is 5.79. The van der Waals surface area contributed by atoms with Crippen LogP contribution in [0.2, 0.25) is 0 Å². The van der Waals surface area contributed by atoms with E-state index in [2.05, 4.69) is 43.7 Å². The summed E-state index contributed by atoms with van der Waals surface area (Å²) in [5.41, 5.74) is 4.24. The molecular formula is C23H27N7O. The predicted octanol–water partition coefficient (Wildman–Crippen LogP) is 3.39. The van der Waals surface area contributed by atoms with Crippen molar-refractivity contribution in [2.75, 3.05) is 31.1 Å². The van der Waals surface area contributed by atoms with Crippen LogP contribution in [0.1, 0.15) is 32.6 Å². The molecule has 6 rings (SSSR count). The van der Waals surface area contributed by atoms with E-state index in [9.17, 15) is 0 Å². The Morgan fingerprint density at radius 1 is 1.16 bits per heavy atom. The van der Waals surface area contributed by atoms with Gasteiger partial charge in [-0.05, 0) is 57.4 Å². The molecular weight excluding hydrogens is 390 g/mol. The van der Waals surface area contributed by atoms with Gasteiger partial charge in [0, 0.05) is 36.0 Å². The molecule has 0 aromatic carbocycles. The first-order valence-electron chi connectivity index (χ1n) is 11.2. The summed E-state index contributed by atoms with van der Waals surface area (Å²) in [5.74, 6) is 1.84. The summed E-state index contributed by atoms with van der Waals surface area (Å²) in [4.78, 5) is 7.25. The van der Waals surface area contributed by atoms with E-state index < -0.39 is 0 Å². The number of fused-ring (bicyclic) bond motifs is 3. The first-order valence-corrected chi connectivity index (χ1v) is 11.2. The van der Waals surface area contributed by atoms with Crippen molar-refractivity contribution in [3.05, 3.63) is 36.8 Å². The van der Waals surface area contributed by atoms with Gasteiger partial charge >= 0.3 is 0 Å². The van der Waals surface area contributed by atoms with Crippen molar-refractivity contribution < 1.29 is 4.74 Å². The van der Waals surface area contributed by atoms with Crippen LogP contribution >= 0.6 is 0 Å². The molecule has 4 aromatic heterocycles. The summed E-state index contributed by atoms with van der Waals surface area (Å²) in [6, 6.07) is 6.37. The highest BCUT2D eigenvalue weighted by Gasteiger charge is 2.36. The number of rotatable bonds is 4. The zero-order valence-corrected chi connectivity index (χ0v) is 17.8. The molecule has 4 aromatic rings. The molecule has 6 heterocycles. The zero-order valence-electron chi connectivity index (χ0n) is 17.8. The minimum Gasteiger partial charge on any atom is -0.492 e. The highest BCUT2D eigenvalue weighted by Crippen LogP contribution is 2.35. The summed E-state index contributed by atoms with van der Waals surface area (Å²) in [6.45, 7) is 5.87. The van der Waals surface area contributed by atoms with E-state index >= 15 is 0 Å². The molecule has 0 unspecified atom stereocenters. The molecule has 0 saturated carbocycles. The topological polar surface area (TPSA) is 83.4 Å². The van der Waals surface area contributed by atoms with Gasteiger partial charge in [-0.3, -0.25) is 5.10 Å². The molecule has 2 saturated heterocycles. The predicted molar refractivity (Wildman–Crippen MR) is 121 cm³/mol. The number of hydrogen-bond donors (Lipinski definition) is 2. The van der Waals surface area contributed by atoms with Crippen molar-refractivity contribution in [1.82, 2.24) is 30.1 Å². The third kappa shape index (κ3) is 3.13. The van der Waals surface area contributed by atoms with E-state index in [0.717, 1.165) is 52.3 Å². The third-order valence-corrected chi connectivity index (χ3v) is 6.85. The second-order valence-electron chi connectivity index (χ2n) is 8.65. The van der Waals surface area contributed by atoms with Gasteiger partial charge in [0.25, 0.3) is 0 Å². The van der Waals surface area contributed by atoms with E-state index in [4.69, 9.17) is 9.72 Å². The van der Waals surface area contributed by atoms with Crippen molar-refractivity contribution >= 4 is 22.4 Å². The molecule has 0 aliphatic carbocycles. The van der Waals surface area contributed by atoms with Gasteiger partial charge in [0.2, 0.25) is 0 Å². The monoisotopic (exact) mass is 417 g/mol. The molecule has 8 nitrogen and oxygen atoms in total. The van der Waals surface area contributed by atoms with Crippen LogP contribution in [0.15, 0.2) is 36.8 Å². The van der Waals surface area contributed by atoms with Crippen molar-refractivity contribution in [2.24, 2.45) is 0 Å². The Balaban J connectivity index is 1.33. The highest BCUT2D eigenvalue weighted by atomic mass is 16.5. The smallest absolute Gasteiger partial charge is 0.178 e. The summed E-state index contributed by atoms with van der Waals surface area (Å²) in [7, 11) is 0. The molecule has 0 atom stereocenters. The standard InChI is InChI=1S/C23H27N7O/c1-2-31-17-12-18(21-19-14-26-27-22(19)28-30(21)15-17)16-4-5-20(24-13-16)29-10-7-23(8-11-29)6-3-9-25-23/h4-5,12-15,25H,2-3,6-11H2,1H3,(H,27,28). The summed E-state index contributed by atoms with van der Waals surface area (Å²) < 4.78 is 7.66. The molecule has 2 N–H and O–H groups in total. The number of nitrogens with one attached hydrogen (secondary N) is 2. The first kappa shape index (κ1) is 18.6. The molecule has 2 fully saturated rings. The number of H-pyrrole nitrogens is 1.